The summed E-state index contributed by atoms with van der Waals surface area (Å²) in [6.07, 6.45) is 1.53. The number of rotatable bonds is 3. The predicted octanol–water partition coefficient (Wildman–Crippen LogP) is 1.86. The van der Waals surface area contributed by atoms with Gasteiger partial charge in [0, 0.05) is 10.0 Å². The maximum Gasteiger partial charge on any atom is 0.265 e. The monoisotopic (exact) mass is 330 g/mol. The molecule has 4 N–H and O–H groups in total. The third-order valence-electron chi connectivity index (χ3n) is 2.33. The highest BCUT2D eigenvalue weighted by molar-refractivity contribution is 9.10. The quantitative estimate of drug-likeness (QED) is 0.747. The normalized spacial score (nSPS) is 11.4. The molecule has 0 radical (unpaired) electrons. The van der Waals surface area contributed by atoms with Gasteiger partial charge in [-0.25, -0.2) is 8.42 Å². The average molecular weight is 331 g/mol. The van der Waals surface area contributed by atoms with E-state index in [1.54, 1.807) is 13.0 Å². The molecule has 0 amide bonds. The lowest BCUT2D eigenvalue weighted by atomic mass is 10.3. The zero-order chi connectivity index (χ0) is 13.3. The lowest BCUT2D eigenvalue weighted by Crippen LogP contribution is -2.15. The SMILES string of the molecule is Cc1cn[nH]c1NS(=O)(=O)c1cc(Br)ccc1N. The van der Waals surface area contributed by atoms with Gasteiger partial charge in [0.15, 0.2) is 0 Å². The van der Waals surface area contributed by atoms with E-state index in [9.17, 15) is 8.42 Å². The minimum absolute atomic E-state index is 0.0193. The first-order valence-corrected chi connectivity index (χ1v) is 7.25. The molecule has 18 heavy (non-hydrogen) atoms. The number of nitrogens with one attached hydrogen (secondary N) is 2. The Morgan fingerprint density at radius 1 is 1.44 bits per heavy atom. The van der Waals surface area contributed by atoms with Gasteiger partial charge in [0.2, 0.25) is 0 Å². The van der Waals surface area contributed by atoms with Gasteiger partial charge in [-0.3, -0.25) is 9.82 Å². The summed E-state index contributed by atoms with van der Waals surface area (Å²) < 4.78 is 27.4. The zero-order valence-corrected chi connectivity index (χ0v) is 11.8. The van der Waals surface area contributed by atoms with Crippen molar-refractivity contribution in [2.45, 2.75) is 11.8 Å². The van der Waals surface area contributed by atoms with Crippen molar-refractivity contribution < 1.29 is 8.42 Å². The number of benzene rings is 1. The van der Waals surface area contributed by atoms with Gasteiger partial charge in [0.1, 0.15) is 10.7 Å². The molecule has 0 spiro atoms. The Balaban J connectivity index is 2.43. The third kappa shape index (κ3) is 2.49. The highest BCUT2D eigenvalue weighted by atomic mass is 79.9. The number of sulfonamides is 1. The van der Waals surface area contributed by atoms with Gasteiger partial charge in [-0.15, -0.1) is 0 Å². The molecule has 2 aromatic rings. The molecule has 0 saturated heterocycles. The number of hydrogen-bond donors (Lipinski definition) is 3. The van der Waals surface area contributed by atoms with Crippen LogP contribution in [0.3, 0.4) is 0 Å². The van der Waals surface area contributed by atoms with E-state index in [1.807, 2.05) is 0 Å². The molecule has 6 nitrogen and oxygen atoms in total. The van der Waals surface area contributed by atoms with Crippen LogP contribution in [0.25, 0.3) is 0 Å². The second-order valence-electron chi connectivity index (χ2n) is 3.72. The standard InChI is InChI=1S/C10H11BrN4O2S/c1-6-5-13-14-10(6)15-18(16,17)9-4-7(11)2-3-8(9)12/h2-5H,12H2,1H3,(H2,13,14,15). The summed E-state index contributed by atoms with van der Waals surface area (Å²) in [5.74, 6) is 0.328. The van der Waals surface area contributed by atoms with E-state index in [0.29, 0.717) is 15.9 Å². The van der Waals surface area contributed by atoms with Crippen molar-refractivity contribution in [3.05, 3.63) is 34.4 Å². The molecule has 0 unspecified atom stereocenters. The Morgan fingerprint density at radius 3 is 2.78 bits per heavy atom. The van der Waals surface area contributed by atoms with Crippen molar-refractivity contribution in [1.82, 2.24) is 10.2 Å². The lowest BCUT2D eigenvalue weighted by Gasteiger charge is -2.09. The van der Waals surface area contributed by atoms with Crippen LogP contribution in [0.15, 0.2) is 33.8 Å². The molecule has 0 fully saturated rings. The zero-order valence-electron chi connectivity index (χ0n) is 9.44. The number of nitrogen functional groups attached to an aromatic ring is 1. The van der Waals surface area contributed by atoms with Crippen LogP contribution in [-0.4, -0.2) is 18.6 Å². The predicted molar refractivity (Wildman–Crippen MR) is 72.7 cm³/mol. The van der Waals surface area contributed by atoms with Gasteiger partial charge >= 0.3 is 0 Å². The van der Waals surface area contributed by atoms with Crippen LogP contribution in [0.4, 0.5) is 11.5 Å². The van der Waals surface area contributed by atoms with E-state index in [1.165, 1.54) is 18.3 Å². The molecule has 0 bridgehead atoms. The van der Waals surface area contributed by atoms with Crippen LogP contribution in [0, 0.1) is 6.92 Å². The minimum Gasteiger partial charge on any atom is -0.398 e. The number of nitrogens with zero attached hydrogens (tertiary/aromatic N) is 1. The number of aryl methyl sites for hydroxylation is 1. The minimum atomic E-state index is -3.74. The maximum absolute atomic E-state index is 12.2. The first kappa shape index (κ1) is 12.9. The van der Waals surface area contributed by atoms with E-state index in [0.717, 1.165) is 0 Å². The molecule has 1 heterocycles. The Labute approximate surface area is 113 Å². The van der Waals surface area contributed by atoms with Gasteiger partial charge in [-0.2, -0.15) is 5.10 Å². The summed E-state index contributed by atoms with van der Waals surface area (Å²) in [4.78, 5) is 0.0193. The number of halogens is 1. The number of nitrogens with two attached hydrogens (primary N) is 1. The smallest absolute Gasteiger partial charge is 0.265 e. The van der Waals surface area contributed by atoms with Crippen LogP contribution in [0.2, 0.25) is 0 Å². The van der Waals surface area contributed by atoms with Crippen LogP contribution in [0.5, 0.6) is 0 Å². The molecule has 1 aromatic heterocycles. The molecule has 0 aliphatic heterocycles. The molecule has 96 valence electrons. The molecule has 0 aliphatic rings. The molecule has 8 heteroatoms. The highest BCUT2D eigenvalue weighted by Crippen LogP contribution is 2.25. The summed E-state index contributed by atoms with van der Waals surface area (Å²) in [5.41, 5.74) is 6.56. The third-order valence-corrected chi connectivity index (χ3v) is 4.23. The van der Waals surface area contributed by atoms with Gasteiger partial charge < -0.3 is 5.73 Å². The number of aromatic amines is 1. The number of hydrogen-bond acceptors (Lipinski definition) is 4. The number of aromatic nitrogens is 2. The van der Waals surface area contributed by atoms with Crippen molar-refractivity contribution >= 4 is 37.5 Å². The van der Waals surface area contributed by atoms with Crippen molar-refractivity contribution in [1.29, 1.82) is 0 Å². The van der Waals surface area contributed by atoms with E-state index in [4.69, 9.17) is 5.73 Å². The van der Waals surface area contributed by atoms with E-state index < -0.39 is 10.0 Å². The molecular weight excluding hydrogens is 320 g/mol. The second kappa shape index (κ2) is 4.62. The fourth-order valence-electron chi connectivity index (χ4n) is 1.38. The van der Waals surface area contributed by atoms with Gasteiger partial charge in [-0.1, -0.05) is 15.9 Å². The Morgan fingerprint density at radius 2 is 2.17 bits per heavy atom. The summed E-state index contributed by atoms with van der Waals surface area (Å²) in [5, 5.41) is 6.32. The molecular formula is C10H11BrN4O2S. The highest BCUT2D eigenvalue weighted by Gasteiger charge is 2.19. The molecule has 0 atom stereocenters. The van der Waals surface area contributed by atoms with Gasteiger partial charge in [0.25, 0.3) is 10.0 Å². The molecule has 0 saturated carbocycles. The van der Waals surface area contributed by atoms with Crippen molar-refractivity contribution in [2.75, 3.05) is 10.5 Å². The number of anilines is 2. The summed E-state index contributed by atoms with van der Waals surface area (Å²) in [7, 11) is -3.74. The topological polar surface area (TPSA) is 101 Å². The molecule has 0 aliphatic carbocycles. The van der Waals surface area contributed by atoms with Crippen LogP contribution in [-0.2, 0) is 10.0 Å². The van der Waals surface area contributed by atoms with Crippen LogP contribution < -0.4 is 10.5 Å². The summed E-state index contributed by atoms with van der Waals surface area (Å²) in [6.45, 7) is 1.74. The fraction of sp³-hybridized carbons (Fsp3) is 0.100. The Hall–Kier alpha value is -1.54. The fourth-order valence-corrected chi connectivity index (χ4v) is 3.14. The average Bonchev–Trinajstić information content (AvgIpc) is 2.67. The van der Waals surface area contributed by atoms with E-state index >= 15 is 0 Å². The molecule has 2 rings (SSSR count). The second-order valence-corrected chi connectivity index (χ2v) is 6.28. The van der Waals surface area contributed by atoms with E-state index in [-0.39, 0.29) is 10.6 Å². The van der Waals surface area contributed by atoms with Gasteiger partial charge in [0.05, 0.1) is 11.9 Å². The maximum atomic E-state index is 12.2. The number of H-pyrrole nitrogens is 1. The lowest BCUT2D eigenvalue weighted by molar-refractivity contribution is 0.601. The van der Waals surface area contributed by atoms with Crippen molar-refractivity contribution in [3.8, 4) is 0 Å². The Bertz CT molecular complexity index is 681. The summed E-state index contributed by atoms with van der Waals surface area (Å²) >= 11 is 3.21. The van der Waals surface area contributed by atoms with Crippen molar-refractivity contribution in [3.63, 3.8) is 0 Å². The largest absolute Gasteiger partial charge is 0.398 e. The van der Waals surface area contributed by atoms with Crippen LogP contribution in [0.1, 0.15) is 5.56 Å². The van der Waals surface area contributed by atoms with Crippen LogP contribution >= 0.6 is 15.9 Å². The first-order valence-electron chi connectivity index (χ1n) is 4.98. The van der Waals surface area contributed by atoms with Gasteiger partial charge in [-0.05, 0) is 25.1 Å². The summed E-state index contributed by atoms with van der Waals surface area (Å²) in [6, 6.07) is 4.65. The Kier molecular flexibility index (Phi) is 3.31. The first-order chi connectivity index (χ1) is 8.40. The van der Waals surface area contributed by atoms with E-state index in [2.05, 4.69) is 30.8 Å². The van der Waals surface area contributed by atoms with Crippen molar-refractivity contribution in [2.24, 2.45) is 0 Å². The molecule has 1 aromatic carbocycles.